The number of nitrogens with zero attached hydrogens (tertiary/aromatic N) is 4. The predicted molar refractivity (Wildman–Crippen MR) is 135 cm³/mol. The summed E-state index contributed by atoms with van der Waals surface area (Å²) in [5, 5.41) is 3.90. The molecular formula is C20H15Br2Cl3N6. The van der Waals surface area contributed by atoms with Gasteiger partial charge in [0.05, 0.1) is 0 Å². The summed E-state index contributed by atoms with van der Waals surface area (Å²) in [5.74, 6) is 0.674. The molecule has 4 rings (SSSR count). The zero-order valence-electron chi connectivity index (χ0n) is 15.7. The van der Waals surface area contributed by atoms with Crippen LogP contribution in [0.2, 0.25) is 15.7 Å². The van der Waals surface area contributed by atoms with E-state index in [1.165, 1.54) is 6.20 Å². The zero-order chi connectivity index (χ0) is 22.6. The van der Waals surface area contributed by atoms with Gasteiger partial charge in [0.2, 0.25) is 10.6 Å². The first-order valence-corrected chi connectivity index (χ1v) is 11.2. The number of hydrogen-bond acceptors (Lipinski definition) is 6. The van der Waals surface area contributed by atoms with E-state index in [2.05, 4.69) is 57.1 Å². The average Bonchev–Trinajstić information content (AvgIpc) is 2.69. The van der Waals surface area contributed by atoms with Crippen LogP contribution in [0.1, 0.15) is 0 Å². The predicted octanol–water partition coefficient (Wildman–Crippen LogP) is 7.45. The summed E-state index contributed by atoms with van der Waals surface area (Å²) in [7, 11) is 0. The third kappa shape index (κ3) is 10.8. The van der Waals surface area contributed by atoms with Crippen molar-refractivity contribution in [1.82, 2.24) is 19.9 Å². The molecule has 0 aliphatic rings. The molecule has 0 spiro atoms. The number of nitrogen functional groups attached to an aromatic ring is 1. The molecular weight excluding hydrogens is 590 g/mol. The molecule has 31 heavy (non-hydrogen) atoms. The Bertz CT molecular complexity index is 996. The molecule has 0 radical (unpaired) electrons. The van der Waals surface area contributed by atoms with Gasteiger partial charge in [-0.15, -0.1) is 0 Å². The molecule has 0 aliphatic heterocycles. The monoisotopic (exact) mass is 602 g/mol. The molecule has 2 aromatic carbocycles. The van der Waals surface area contributed by atoms with E-state index < -0.39 is 0 Å². The fourth-order valence-electron chi connectivity index (χ4n) is 1.94. The fourth-order valence-corrected chi connectivity index (χ4v) is 3.23. The summed E-state index contributed by atoms with van der Waals surface area (Å²) in [5.41, 5.74) is 7.16. The standard InChI is InChI=1S/C10H7BrClN3.C6H6BrN.C4H2Cl2N2/c11-7-2-1-3-8(6-7)14-9-4-5-13-10(12)15-9;7-5-2-1-3-6(8)4-5;5-3-1-2-7-4(6)8-3/h1-6H,(H,13,14,15);1-4H,8H2;1-2H. The summed E-state index contributed by atoms with van der Waals surface area (Å²) in [4.78, 5) is 15.0. The molecule has 2 aromatic heterocycles. The van der Waals surface area contributed by atoms with E-state index in [9.17, 15) is 0 Å². The molecule has 0 fully saturated rings. The number of aromatic nitrogens is 4. The van der Waals surface area contributed by atoms with Crippen LogP contribution in [0.4, 0.5) is 17.2 Å². The number of halogens is 5. The van der Waals surface area contributed by atoms with Crippen LogP contribution in [0.3, 0.4) is 0 Å². The normalized spacial score (nSPS) is 9.58. The molecule has 0 aliphatic carbocycles. The summed E-state index contributed by atoms with van der Waals surface area (Å²) >= 11 is 23.1. The van der Waals surface area contributed by atoms with Gasteiger partial charge < -0.3 is 11.1 Å². The Morgan fingerprint density at radius 3 is 1.84 bits per heavy atom. The van der Waals surface area contributed by atoms with Crippen molar-refractivity contribution in [2.45, 2.75) is 0 Å². The second kappa shape index (κ2) is 13.4. The van der Waals surface area contributed by atoms with Crippen LogP contribution in [0.25, 0.3) is 0 Å². The molecule has 4 aromatic rings. The van der Waals surface area contributed by atoms with E-state index in [-0.39, 0.29) is 10.6 Å². The van der Waals surface area contributed by atoms with Gasteiger partial charge >= 0.3 is 0 Å². The maximum Gasteiger partial charge on any atom is 0.224 e. The Labute approximate surface area is 211 Å². The SMILES string of the molecule is Clc1ccnc(Cl)n1.Clc1nccc(Nc2cccc(Br)c2)n1.Nc1cccc(Br)c1. The fraction of sp³-hybridized carbons (Fsp3) is 0. The second-order valence-corrected chi connectivity index (χ2v) is 8.44. The molecule has 160 valence electrons. The highest BCUT2D eigenvalue weighted by Gasteiger charge is 1.97. The number of anilines is 3. The van der Waals surface area contributed by atoms with Crippen molar-refractivity contribution in [2.24, 2.45) is 0 Å². The Morgan fingerprint density at radius 2 is 1.35 bits per heavy atom. The zero-order valence-corrected chi connectivity index (χ0v) is 21.1. The van der Waals surface area contributed by atoms with Crippen molar-refractivity contribution in [3.63, 3.8) is 0 Å². The van der Waals surface area contributed by atoms with Crippen molar-refractivity contribution in [2.75, 3.05) is 11.1 Å². The Kier molecular flexibility index (Phi) is 11.0. The molecule has 11 heteroatoms. The number of benzene rings is 2. The highest BCUT2D eigenvalue weighted by molar-refractivity contribution is 9.10. The van der Waals surface area contributed by atoms with Crippen molar-refractivity contribution in [1.29, 1.82) is 0 Å². The molecule has 0 bridgehead atoms. The van der Waals surface area contributed by atoms with Crippen molar-refractivity contribution in [3.05, 3.63) is 97.7 Å². The lowest BCUT2D eigenvalue weighted by Gasteiger charge is -2.05. The van der Waals surface area contributed by atoms with Crippen molar-refractivity contribution in [3.8, 4) is 0 Å². The number of nitrogens with one attached hydrogen (secondary N) is 1. The molecule has 6 nitrogen and oxygen atoms in total. The topological polar surface area (TPSA) is 89.6 Å². The maximum absolute atomic E-state index is 5.67. The van der Waals surface area contributed by atoms with Gasteiger partial charge in [-0.25, -0.2) is 19.9 Å². The summed E-state index contributed by atoms with van der Waals surface area (Å²) in [6, 6.07) is 18.7. The highest BCUT2D eigenvalue weighted by Crippen LogP contribution is 2.19. The molecule has 0 amide bonds. The average molecular weight is 606 g/mol. The minimum Gasteiger partial charge on any atom is -0.399 e. The largest absolute Gasteiger partial charge is 0.399 e. The lowest BCUT2D eigenvalue weighted by atomic mass is 10.3. The van der Waals surface area contributed by atoms with E-state index >= 15 is 0 Å². The van der Waals surface area contributed by atoms with Crippen LogP contribution in [0, 0.1) is 0 Å². The van der Waals surface area contributed by atoms with Crippen LogP contribution in [-0.2, 0) is 0 Å². The van der Waals surface area contributed by atoms with Crippen molar-refractivity contribution < 1.29 is 0 Å². The van der Waals surface area contributed by atoms with E-state index in [0.717, 1.165) is 20.3 Å². The molecule has 2 heterocycles. The van der Waals surface area contributed by atoms with Crippen LogP contribution in [0.5, 0.6) is 0 Å². The minimum absolute atomic E-state index is 0.178. The molecule has 0 saturated heterocycles. The van der Waals surface area contributed by atoms with Gasteiger partial charge in [-0.3, -0.25) is 0 Å². The van der Waals surface area contributed by atoms with Gasteiger partial charge in [0.1, 0.15) is 11.0 Å². The van der Waals surface area contributed by atoms with Crippen LogP contribution in [0.15, 0.2) is 82.0 Å². The molecule has 0 atom stereocenters. The minimum atomic E-state index is 0.178. The third-order valence-electron chi connectivity index (χ3n) is 3.16. The van der Waals surface area contributed by atoms with Crippen LogP contribution < -0.4 is 11.1 Å². The maximum atomic E-state index is 5.67. The molecule has 0 unspecified atom stereocenters. The first kappa shape index (κ1) is 25.3. The van der Waals surface area contributed by atoms with E-state index in [0.29, 0.717) is 11.0 Å². The van der Waals surface area contributed by atoms with Gasteiger partial charge in [-0.05, 0) is 71.7 Å². The number of nitrogens with two attached hydrogens (primary N) is 1. The molecule has 0 saturated carbocycles. The lowest BCUT2D eigenvalue weighted by Crippen LogP contribution is -1.94. The van der Waals surface area contributed by atoms with Gasteiger partial charge in [-0.2, -0.15) is 0 Å². The first-order valence-electron chi connectivity index (χ1n) is 8.48. The van der Waals surface area contributed by atoms with Crippen LogP contribution >= 0.6 is 66.7 Å². The van der Waals surface area contributed by atoms with Crippen molar-refractivity contribution >= 4 is 83.9 Å². The van der Waals surface area contributed by atoms with E-state index in [1.54, 1.807) is 18.3 Å². The van der Waals surface area contributed by atoms with Gasteiger partial charge in [0.25, 0.3) is 0 Å². The van der Waals surface area contributed by atoms with Gasteiger partial charge in [0, 0.05) is 32.7 Å². The number of hydrogen-bond donors (Lipinski definition) is 2. The lowest BCUT2D eigenvalue weighted by molar-refractivity contribution is 1.17. The quantitative estimate of drug-likeness (QED) is 0.140. The summed E-state index contributed by atoms with van der Waals surface area (Å²) in [6.45, 7) is 0. The summed E-state index contributed by atoms with van der Waals surface area (Å²) in [6.07, 6.45) is 3.10. The third-order valence-corrected chi connectivity index (χ3v) is 4.73. The Morgan fingerprint density at radius 1 is 0.742 bits per heavy atom. The smallest absolute Gasteiger partial charge is 0.224 e. The Balaban J connectivity index is 0.000000181. The number of rotatable bonds is 2. The first-order chi connectivity index (χ1) is 14.8. The van der Waals surface area contributed by atoms with E-state index in [1.807, 2.05) is 48.5 Å². The van der Waals surface area contributed by atoms with Crippen LogP contribution in [-0.4, -0.2) is 19.9 Å². The second-order valence-electron chi connectivity index (χ2n) is 5.55. The van der Waals surface area contributed by atoms with Gasteiger partial charge in [0.15, 0.2) is 0 Å². The Hall–Kier alpha value is -1.97. The molecule has 3 N–H and O–H groups in total. The highest BCUT2D eigenvalue weighted by atomic mass is 79.9. The van der Waals surface area contributed by atoms with E-state index in [4.69, 9.17) is 40.5 Å². The van der Waals surface area contributed by atoms with Gasteiger partial charge in [-0.1, -0.05) is 55.6 Å². The summed E-state index contributed by atoms with van der Waals surface area (Å²) < 4.78 is 2.03.